The van der Waals surface area contributed by atoms with E-state index in [-0.39, 0.29) is 54.3 Å². The van der Waals surface area contributed by atoms with Crippen molar-refractivity contribution >= 4 is 42.4 Å². The van der Waals surface area contributed by atoms with E-state index < -0.39 is 13.7 Å². The fourth-order valence-electron chi connectivity index (χ4n) is 9.09. The number of hydrogen-bond acceptors (Lipinski definition) is 9. The van der Waals surface area contributed by atoms with Crippen LogP contribution < -0.4 is 19.7 Å². The summed E-state index contributed by atoms with van der Waals surface area (Å²) in [6, 6.07) is 24.0. The number of rotatable bonds is 15. The first-order chi connectivity index (χ1) is 26.5. The number of nitrogens with zero attached hydrogens (tertiary/aromatic N) is 5. The van der Waals surface area contributed by atoms with E-state index in [0.717, 1.165) is 28.3 Å². The lowest BCUT2D eigenvalue weighted by molar-refractivity contribution is -0.146. The van der Waals surface area contributed by atoms with Gasteiger partial charge in [0.25, 0.3) is 5.91 Å². The fraction of sp³-hybridized carbons (Fsp3) is 0.452. The summed E-state index contributed by atoms with van der Waals surface area (Å²) in [6.45, 7) is 8.33. The Morgan fingerprint density at radius 1 is 1.04 bits per heavy atom. The van der Waals surface area contributed by atoms with Gasteiger partial charge in [0.1, 0.15) is 5.75 Å². The zero-order valence-corrected chi connectivity index (χ0v) is 33.3. The zero-order chi connectivity index (χ0) is 38.9. The van der Waals surface area contributed by atoms with Crippen molar-refractivity contribution in [3.63, 3.8) is 0 Å². The summed E-state index contributed by atoms with van der Waals surface area (Å²) in [5.41, 5.74) is 2.72. The molecule has 13 heteroatoms. The lowest BCUT2D eigenvalue weighted by atomic mass is 9.82. The monoisotopic (exact) mass is 765 g/mol. The van der Waals surface area contributed by atoms with Gasteiger partial charge in [-0.2, -0.15) is 0 Å². The molecular formula is C42H51N5O7Si. The van der Waals surface area contributed by atoms with Crippen LogP contribution in [0.3, 0.4) is 0 Å². The van der Waals surface area contributed by atoms with Crippen molar-refractivity contribution in [3.05, 3.63) is 95.8 Å². The van der Waals surface area contributed by atoms with Gasteiger partial charge in [0, 0.05) is 55.8 Å². The number of aromatic nitrogens is 3. The number of carbonyl (C=O) groups is 3. The summed E-state index contributed by atoms with van der Waals surface area (Å²) in [5.74, 6) is -0.0586. The van der Waals surface area contributed by atoms with Crippen LogP contribution in [0.25, 0.3) is 0 Å². The number of benzene rings is 3. The largest absolute Gasteiger partial charge is 0.497 e. The van der Waals surface area contributed by atoms with Crippen LogP contribution in [-0.4, -0.2) is 86.0 Å². The molecule has 7 rings (SSSR count). The SMILES string of the molecule is COC(=O)CCCCN1C(=O)[C@]2(O[C@H](CCn3cc(C(CO)c4ccccc4)nn3)[C@@H]([Si](C)(C)c3ccc(OC)cc3)[C@@H]2C)c2cc(N3CCC3=O)ccc21. The van der Waals surface area contributed by atoms with Crippen molar-refractivity contribution in [1.29, 1.82) is 0 Å². The number of aliphatic hydroxyl groups excluding tert-OH is 1. The number of hydrogen-bond donors (Lipinski definition) is 1. The number of carbonyl (C=O) groups excluding carboxylic acids is 3. The molecule has 1 spiro atoms. The quantitative estimate of drug-likeness (QED) is 0.0755. The summed E-state index contributed by atoms with van der Waals surface area (Å²) in [7, 11) is 0.633. The highest BCUT2D eigenvalue weighted by molar-refractivity contribution is 6.91. The van der Waals surface area contributed by atoms with Crippen molar-refractivity contribution in [1.82, 2.24) is 15.0 Å². The molecule has 2 amide bonds. The van der Waals surface area contributed by atoms with Gasteiger partial charge in [0.15, 0.2) is 5.60 Å². The fourth-order valence-corrected chi connectivity index (χ4v) is 13.1. The van der Waals surface area contributed by atoms with Crippen molar-refractivity contribution in [3.8, 4) is 5.75 Å². The molecule has 0 saturated carbocycles. The smallest absolute Gasteiger partial charge is 0.305 e. The molecule has 290 valence electrons. The van der Waals surface area contributed by atoms with Crippen molar-refractivity contribution in [2.24, 2.45) is 5.92 Å². The number of methoxy groups -OCH3 is 2. The maximum atomic E-state index is 15.1. The van der Waals surface area contributed by atoms with Gasteiger partial charge in [-0.05, 0) is 60.7 Å². The van der Waals surface area contributed by atoms with Crippen LogP contribution in [0.15, 0.2) is 79.0 Å². The minimum absolute atomic E-state index is 0.00349. The first kappa shape index (κ1) is 38.4. The van der Waals surface area contributed by atoms with Crippen LogP contribution in [0.2, 0.25) is 18.6 Å². The number of ether oxygens (including phenoxy) is 3. The van der Waals surface area contributed by atoms with E-state index in [1.165, 1.54) is 12.3 Å². The van der Waals surface area contributed by atoms with Crippen molar-refractivity contribution in [2.75, 3.05) is 43.7 Å². The lowest BCUT2D eigenvalue weighted by Crippen LogP contribution is -2.52. The van der Waals surface area contributed by atoms with Crippen LogP contribution in [-0.2, 0) is 36.0 Å². The summed E-state index contributed by atoms with van der Waals surface area (Å²) in [4.78, 5) is 43.3. The molecule has 3 aliphatic heterocycles. The third kappa shape index (κ3) is 6.98. The second-order valence-corrected chi connectivity index (χ2v) is 20.2. The summed E-state index contributed by atoms with van der Waals surface area (Å²) < 4.78 is 19.5. The third-order valence-electron chi connectivity index (χ3n) is 12.2. The first-order valence-corrected chi connectivity index (χ1v) is 22.3. The van der Waals surface area contributed by atoms with Gasteiger partial charge in [0.2, 0.25) is 5.91 Å². The number of esters is 1. The summed E-state index contributed by atoms with van der Waals surface area (Å²) in [6.07, 6.45) is 4.13. The number of unbranched alkanes of at least 4 members (excludes halogenated alkanes) is 1. The second kappa shape index (κ2) is 15.7. The molecule has 2 fully saturated rings. The van der Waals surface area contributed by atoms with E-state index >= 15 is 4.79 Å². The molecule has 12 nitrogen and oxygen atoms in total. The standard InChI is InChI=1S/C42H51N5O7Si/c1-28-40(55(4,5)32-17-15-31(52-2)16-18-32)37(20-23-45-26-35(43-44-45)33(27-48)29-11-7-6-8-12-29)54-42(28)34-25-30(46-24-21-38(46)49)14-19-36(34)47(41(42)51)22-10-9-13-39(50)53-3/h6-8,11-12,14-19,25-26,28,33,37,40,48H,9-10,13,20-24,27H2,1-5H3/t28-,33?,37+,40-,42+/m0/s1. The van der Waals surface area contributed by atoms with Gasteiger partial charge in [-0.1, -0.05) is 72.9 Å². The van der Waals surface area contributed by atoms with Crippen molar-refractivity contribution in [2.45, 2.75) is 81.8 Å². The molecule has 0 bridgehead atoms. The Morgan fingerprint density at radius 2 is 1.80 bits per heavy atom. The van der Waals surface area contributed by atoms with Crippen LogP contribution in [0, 0.1) is 5.92 Å². The highest BCUT2D eigenvalue weighted by Gasteiger charge is 2.66. The van der Waals surface area contributed by atoms with Gasteiger partial charge >= 0.3 is 5.97 Å². The molecule has 3 aliphatic rings. The number of β-lactam (4-membered cyclic amide) rings is 1. The van der Waals surface area contributed by atoms with Crippen LogP contribution >= 0.6 is 0 Å². The number of aryl methyl sites for hydroxylation is 1. The molecule has 0 radical (unpaired) electrons. The van der Waals surface area contributed by atoms with Crippen LogP contribution in [0.5, 0.6) is 5.75 Å². The molecule has 55 heavy (non-hydrogen) atoms. The minimum atomic E-state index is -2.41. The molecule has 1 aromatic heterocycles. The highest BCUT2D eigenvalue weighted by Crippen LogP contribution is 2.60. The maximum Gasteiger partial charge on any atom is 0.305 e. The molecule has 4 aromatic rings. The molecular weight excluding hydrogens is 715 g/mol. The molecule has 3 aromatic carbocycles. The van der Waals surface area contributed by atoms with E-state index in [1.54, 1.807) is 12.0 Å². The minimum Gasteiger partial charge on any atom is -0.497 e. The third-order valence-corrected chi connectivity index (χ3v) is 16.5. The normalized spacial score (nSPS) is 22.5. The topological polar surface area (TPSA) is 136 Å². The van der Waals surface area contributed by atoms with Crippen molar-refractivity contribution < 1.29 is 33.7 Å². The molecule has 2 saturated heterocycles. The summed E-state index contributed by atoms with van der Waals surface area (Å²) >= 11 is 0. The Kier molecular flexibility index (Phi) is 11.0. The van der Waals surface area contributed by atoms with E-state index in [2.05, 4.69) is 42.5 Å². The Bertz CT molecular complexity index is 2020. The Hall–Kier alpha value is -4.85. The van der Waals surface area contributed by atoms with E-state index in [4.69, 9.17) is 14.2 Å². The Balaban J connectivity index is 1.25. The Morgan fingerprint density at radius 3 is 2.45 bits per heavy atom. The average molecular weight is 766 g/mol. The molecule has 0 aliphatic carbocycles. The highest BCUT2D eigenvalue weighted by atomic mass is 28.3. The Labute approximate surface area is 323 Å². The first-order valence-electron chi connectivity index (χ1n) is 19.2. The van der Waals surface area contributed by atoms with Gasteiger partial charge in [-0.3, -0.25) is 19.1 Å². The predicted octanol–water partition coefficient (Wildman–Crippen LogP) is 5.14. The molecule has 1 N–H and O–H groups in total. The average Bonchev–Trinajstić information content (AvgIpc) is 3.85. The molecule has 5 atom stereocenters. The van der Waals surface area contributed by atoms with Gasteiger partial charge in [-0.15, -0.1) is 5.10 Å². The number of anilines is 2. The number of amides is 2. The second-order valence-electron chi connectivity index (χ2n) is 15.5. The van der Waals surface area contributed by atoms with E-state index in [0.29, 0.717) is 51.0 Å². The van der Waals surface area contributed by atoms with Gasteiger partial charge in [-0.25, -0.2) is 0 Å². The predicted molar refractivity (Wildman–Crippen MR) is 211 cm³/mol. The lowest BCUT2D eigenvalue weighted by Gasteiger charge is -2.37. The van der Waals surface area contributed by atoms with Crippen LogP contribution in [0.1, 0.15) is 61.8 Å². The number of aliphatic hydroxyl groups is 1. The van der Waals surface area contributed by atoms with Crippen LogP contribution in [0.4, 0.5) is 11.4 Å². The zero-order valence-electron chi connectivity index (χ0n) is 32.3. The van der Waals surface area contributed by atoms with E-state index in [1.807, 2.05) is 76.4 Å². The molecule has 1 unspecified atom stereocenters. The number of fused-ring (bicyclic) bond motifs is 2. The summed E-state index contributed by atoms with van der Waals surface area (Å²) in [5, 5.41) is 20.5. The van der Waals surface area contributed by atoms with Gasteiger partial charge < -0.3 is 29.1 Å². The van der Waals surface area contributed by atoms with E-state index in [9.17, 15) is 14.7 Å². The van der Waals surface area contributed by atoms with Gasteiger partial charge in [0.05, 0.1) is 52.3 Å². The maximum absolute atomic E-state index is 15.1. The molecule has 4 heterocycles.